The Morgan fingerprint density at radius 2 is 1.92 bits per heavy atom. The van der Waals surface area contributed by atoms with Crippen LogP contribution < -0.4 is 16.0 Å². The molecule has 3 N–H and O–H groups in total. The molecule has 2 aliphatic rings. The summed E-state index contributed by atoms with van der Waals surface area (Å²) in [6, 6.07) is 12.8. The number of halogens is 3. The molecule has 0 spiro atoms. The normalized spacial score (nSPS) is 22.0. The van der Waals surface area contributed by atoms with E-state index in [4.69, 9.17) is 0 Å². The second-order valence-electron chi connectivity index (χ2n) is 6.68. The van der Waals surface area contributed by atoms with Gasteiger partial charge in [-0.2, -0.15) is 13.2 Å². The Balaban J connectivity index is 1.67. The fourth-order valence-corrected chi connectivity index (χ4v) is 3.79. The molecular weight excluding hydrogens is 327 g/mol. The molecule has 0 saturated carbocycles. The van der Waals surface area contributed by atoms with Gasteiger partial charge in [0.25, 0.3) is 0 Å². The van der Waals surface area contributed by atoms with Gasteiger partial charge in [-0.1, -0.05) is 30.3 Å². The predicted molar refractivity (Wildman–Crippen MR) is 92.9 cm³/mol. The molecule has 0 aliphatic carbocycles. The lowest BCUT2D eigenvalue weighted by atomic mass is 9.89. The van der Waals surface area contributed by atoms with Crippen LogP contribution in [-0.4, -0.2) is 19.1 Å². The van der Waals surface area contributed by atoms with E-state index in [-0.39, 0.29) is 17.6 Å². The first-order chi connectivity index (χ1) is 12.0. The van der Waals surface area contributed by atoms with E-state index in [1.54, 1.807) is 0 Å². The van der Waals surface area contributed by atoms with Crippen molar-refractivity contribution in [2.24, 2.45) is 0 Å². The highest BCUT2D eigenvalue weighted by Crippen LogP contribution is 2.47. The molecule has 2 aromatic rings. The molecule has 2 heterocycles. The van der Waals surface area contributed by atoms with E-state index in [2.05, 4.69) is 16.0 Å². The van der Waals surface area contributed by atoms with E-state index in [1.165, 1.54) is 6.07 Å². The Hall–Kier alpha value is -2.21. The number of benzene rings is 2. The summed E-state index contributed by atoms with van der Waals surface area (Å²) in [4.78, 5) is 0. The molecule has 1 fully saturated rings. The molecule has 0 unspecified atom stereocenters. The number of hydrogen-bond donors (Lipinski definition) is 3. The van der Waals surface area contributed by atoms with Gasteiger partial charge in [0.1, 0.15) is 0 Å². The van der Waals surface area contributed by atoms with Crippen LogP contribution in [0.15, 0.2) is 42.5 Å². The minimum atomic E-state index is -4.37. The number of alkyl halides is 3. The molecule has 25 heavy (non-hydrogen) atoms. The molecule has 0 bridgehead atoms. The van der Waals surface area contributed by atoms with Crippen molar-refractivity contribution in [3.05, 3.63) is 59.2 Å². The van der Waals surface area contributed by atoms with Gasteiger partial charge in [0.15, 0.2) is 0 Å². The van der Waals surface area contributed by atoms with Crippen LogP contribution in [0.5, 0.6) is 0 Å². The minimum absolute atomic E-state index is 0.0849. The zero-order valence-electron chi connectivity index (χ0n) is 13.7. The number of rotatable bonds is 3. The van der Waals surface area contributed by atoms with E-state index in [0.29, 0.717) is 18.8 Å². The molecule has 132 valence electrons. The molecular formula is C19H20F3N3. The van der Waals surface area contributed by atoms with Crippen molar-refractivity contribution in [1.29, 1.82) is 0 Å². The van der Waals surface area contributed by atoms with E-state index in [0.717, 1.165) is 24.1 Å². The van der Waals surface area contributed by atoms with Crippen molar-refractivity contribution in [3.8, 4) is 0 Å². The summed E-state index contributed by atoms with van der Waals surface area (Å²) in [5, 5.41) is 9.57. The topological polar surface area (TPSA) is 36.1 Å². The third-order valence-corrected chi connectivity index (χ3v) is 5.02. The first-order valence-corrected chi connectivity index (χ1v) is 8.52. The van der Waals surface area contributed by atoms with Crippen LogP contribution in [0.25, 0.3) is 0 Å². The van der Waals surface area contributed by atoms with Crippen molar-refractivity contribution < 1.29 is 13.2 Å². The molecule has 6 heteroatoms. The molecule has 1 saturated heterocycles. The van der Waals surface area contributed by atoms with Gasteiger partial charge in [-0.25, -0.2) is 0 Å². The van der Waals surface area contributed by atoms with E-state index in [9.17, 15) is 13.2 Å². The van der Waals surface area contributed by atoms with Crippen molar-refractivity contribution in [2.45, 2.75) is 31.1 Å². The van der Waals surface area contributed by atoms with Gasteiger partial charge >= 0.3 is 6.18 Å². The van der Waals surface area contributed by atoms with Crippen LogP contribution in [0.2, 0.25) is 0 Å². The molecule has 3 nitrogen and oxygen atoms in total. The maximum atomic E-state index is 13.6. The maximum Gasteiger partial charge on any atom is 0.418 e. The Morgan fingerprint density at radius 1 is 1.12 bits per heavy atom. The van der Waals surface area contributed by atoms with Crippen molar-refractivity contribution >= 4 is 11.4 Å². The molecule has 2 aromatic carbocycles. The van der Waals surface area contributed by atoms with Crippen LogP contribution in [0, 0.1) is 0 Å². The van der Waals surface area contributed by atoms with Crippen LogP contribution in [0.3, 0.4) is 0 Å². The Labute approximate surface area is 144 Å². The second-order valence-corrected chi connectivity index (χ2v) is 6.68. The zero-order valence-corrected chi connectivity index (χ0v) is 13.7. The summed E-state index contributed by atoms with van der Waals surface area (Å²) in [6.45, 7) is 2.05. The Bertz CT molecular complexity index is 758. The number of piperidine rings is 1. The van der Waals surface area contributed by atoms with Crippen molar-refractivity contribution in [3.63, 3.8) is 0 Å². The van der Waals surface area contributed by atoms with Crippen molar-refractivity contribution in [1.82, 2.24) is 5.32 Å². The van der Waals surface area contributed by atoms with Gasteiger partial charge in [-0.15, -0.1) is 0 Å². The number of nitrogens with one attached hydrogen (secondary N) is 3. The average Bonchev–Trinajstić information content (AvgIpc) is 2.98. The van der Waals surface area contributed by atoms with Crippen molar-refractivity contribution in [2.75, 3.05) is 23.7 Å². The van der Waals surface area contributed by atoms with E-state index < -0.39 is 11.7 Å². The summed E-state index contributed by atoms with van der Waals surface area (Å²) >= 11 is 0. The summed E-state index contributed by atoms with van der Waals surface area (Å²) in [7, 11) is 0. The second kappa shape index (κ2) is 6.26. The summed E-state index contributed by atoms with van der Waals surface area (Å²) < 4.78 is 40.7. The molecule has 4 rings (SSSR count). The fourth-order valence-electron chi connectivity index (χ4n) is 3.79. The van der Waals surface area contributed by atoms with E-state index in [1.807, 2.05) is 36.4 Å². The summed E-state index contributed by atoms with van der Waals surface area (Å²) in [5.41, 5.74) is 2.00. The van der Waals surface area contributed by atoms with Crippen LogP contribution >= 0.6 is 0 Å². The van der Waals surface area contributed by atoms with Crippen LogP contribution in [0.4, 0.5) is 24.5 Å². The number of hydrogen-bond acceptors (Lipinski definition) is 3. The monoisotopic (exact) mass is 347 g/mol. The third-order valence-electron chi connectivity index (χ3n) is 5.02. The minimum Gasteiger partial charge on any atom is -0.381 e. The van der Waals surface area contributed by atoms with Gasteiger partial charge in [0, 0.05) is 30.7 Å². The Kier molecular flexibility index (Phi) is 4.07. The lowest BCUT2D eigenvalue weighted by Gasteiger charge is -2.26. The van der Waals surface area contributed by atoms with Gasteiger partial charge in [-0.05, 0) is 36.2 Å². The van der Waals surface area contributed by atoms with Gasteiger partial charge < -0.3 is 16.0 Å². The molecule has 2 atom stereocenters. The Morgan fingerprint density at radius 3 is 2.68 bits per heavy atom. The first-order valence-electron chi connectivity index (χ1n) is 8.52. The standard InChI is InChI=1S/C19H20F3N3/c20-19(21,22)16-9-13(24-10-12-4-2-1-3-5-12)8-14-15-11-23-7-6-17(15)25-18(14)16/h1-5,8-9,15,17,23-25H,6-7,10-11H2/t15-,17-/m1/s1. The van der Waals surface area contributed by atoms with Gasteiger partial charge in [-0.3, -0.25) is 0 Å². The largest absolute Gasteiger partial charge is 0.418 e. The number of fused-ring (bicyclic) bond motifs is 3. The summed E-state index contributed by atoms with van der Waals surface area (Å²) in [5.74, 6) is 0.0864. The summed E-state index contributed by atoms with van der Waals surface area (Å²) in [6.07, 6.45) is -3.54. The number of anilines is 2. The molecule has 0 aromatic heterocycles. The SMILES string of the molecule is FC(F)(F)c1cc(NCc2ccccc2)cc2c1N[C@@H]1CCNC[C@H]21. The van der Waals surface area contributed by atoms with Gasteiger partial charge in [0.05, 0.1) is 11.3 Å². The average molecular weight is 347 g/mol. The molecule has 0 radical (unpaired) electrons. The predicted octanol–water partition coefficient (Wildman–Crippen LogP) is 4.19. The highest BCUT2D eigenvalue weighted by molar-refractivity contribution is 5.71. The van der Waals surface area contributed by atoms with Crippen LogP contribution in [-0.2, 0) is 12.7 Å². The highest BCUT2D eigenvalue weighted by atomic mass is 19.4. The smallest absolute Gasteiger partial charge is 0.381 e. The van der Waals surface area contributed by atoms with E-state index >= 15 is 0 Å². The van der Waals surface area contributed by atoms with Crippen LogP contribution in [0.1, 0.15) is 29.0 Å². The lowest BCUT2D eigenvalue weighted by molar-refractivity contribution is -0.136. The molecule has 0 amide bonds. The maximum absolute atomic E-state index is 13.6. The molecule has 2 aliphatic heterocycles. The highest BCUT2D eigenvalue weighted by Gasteiger charge is 2.42. The third kappa shape index (κ3) is 3.18. The quantitative estimate of drug-likeness (QED) is 0.779. The lowest BCUT2D eigenvalue weighted by Crippen LogP contribution is -2.38. The zero-order chi connectivity index (χ0) is 17.4. The fraction of sp³-hybridized carbons (Fsp3) is 0.368. The first kappa shape index (κ1) is 16.3. The van der Waals surface area contributed by atoms with Gasteiger partial charge in [0.2, 0.25) is 0 Å².